The van der Waals surface area contributed by atoms with E-state index in [0.29, 0.717) is 5.02 Å². The van der Waals surface area contributed by atoms with Gasteiger partial charge < -0.3 is 5.32 Å². The van der Waals surface area contributed by atoms with E-state index in [1.165, 1.54) is 0 Å². The third-order valence-corrected chi connectivity index (χ3v) is 4.18. The molecular weight excluding hydrogens is 270 g/mol. The van der Waals surface area contributed by atoms with E-state index in [4.69, 9.17) is 11.6 Å². The Balaban J connectivity index is 1.86. The molecule has 1 fully saturated rings. The molecule has 0 aliphatic heterocycles. The Kier molecular flexibility index (Phi) is 3.27. The molecule has 1 N–H and O–H groups in total. The summed E-state index contributed by atoms with van der Waals surface area (Å²) in [5.74, 6) is 0.0381. The molecule has 0 aromatic heterocycles. The third kappa shape index (κ3) is 2.32. The summed E-state index contributed by atoms with van der Waals surface area (Å²) in [5.41, 5.74) is 2.47. The summed E-state index contributed by atoms with van der Waals surface area (Å²) in [6.07, 6.45) is 1.71. The summed E-state index contributed by atoms with van der Waals surface area (Å²) in [4.78, 5) is 12.6. The third-order valence-electron chi connectivity index (χ3n) is 3.85. The van der Waals surface area contributed by atoms with Gasteiger partial charge in [-0.1, -0.05) is 41.9 Å². The van der Waals surface area contributed by atoms with Gasteiger partial charge in [-0.15, -0.1) is 0 Å². The van der Waals surface area contributed by atoms with Crippen LogP contribution in [-0.4, -0.2) is 5.91 Å². The Bertz CT molecular complexity index is 662. The Labute approximate surface area is 123 Å². The maximum absolute atomic E-state index is 12.6. The first-order valence-electron chi connectivity index (χ1n) is 6.75. The first-order valence-corrected chi connectivity index (χ1v) is 7.13. The number of amides is 1. The van der Waals surface area contributed by atoms with Crippen molar-refractivity contribution in [2.24, 2.45) is 0 Å². The Hall–Kier alpha value is -1.80. The van der Waals surface area contributed by atoms with E-state index < -0.39 is 5.41 Å². The van der Waals surface area contributed by atoms with Crippen LogP contribution >= 0.6 is 11.6 Å². The average molecular weight is 286 g/mol. The molecule has 102 valence electrons. The van der Waals surface area contributed by atoms with E-state index in [2.05, 4.69) is 5.32 Å². The zero-order chi connectivity index (χ0) is 14.2. The standard InChI is InChI=1S/C17H16ClNO/c1-12-5-4-6-13(11-12)19-16(20)17(9-10-17)14-7-2-3-8-15(14)18/h2-8,11H,9-10H2,1H3,(H,19,20). The lowest BCUT2D eigenvalue weighted by Crippen LogP contribution is -2.28. The zero-order valence-corrected chi connectivity index (χ0v) is 12.1. The summed E-state index contributed by atoms with van der Waals surface area (Å²) in [6.45, 7) is 2.01. The number of hydrogen-bond donors (Lipinski definition) is 1. The smallest absolute Gasteiger partial charge is 0.235 e. The summed E-state index contributed by atoms with van der Waals surface area (Å²) >= 11 is 6.24. The van der Waals surface area contributed by atoms with E-state index in [0.717, 1.165) is 29.7 Å². The van der Waals surface area contributed by atoms with E-state index in [-0.39, 0.29) is 5.91 Å². The summed E-state index contributed by atoms with van der Waals surface area (Å²) in [7, 11) is 0. The fourth-order valence-electron chi connectivity index (χ4n) is 2.57. The van der Waals surface area contributed by atoms with Crippen LogP contribution in [-0.2, 0) is 10.2 Å². The maximum Gasteiger partial charge on any atom is 0.235 e. The number of nitrogens with one attached hydrogen (secondary N) is 1. The lowest BCUT2D eigenvalue weighted by atomic mass is 9.94. The van der Waals surface area contributed by atoms with Crippen LogP contribution in [0.3, 0.4) is 0 Å². The van der Waals surface area contributed by atoms with Gasteiger partial charge in [-0.2, -0.15) is 0 Å². The van der Waals surface area contributed by atoms with Crippen molar-refractivity contribution in [3.05, 3.63) is 64.7 Å². The normalized spacial score (nSPS) is 15.7. The molecule has 3 heteroatoms. The molecule has 0 atom stereocenters. The van der Waals surface area contributed by atoms with E-state index >= 15 is 0 Å². The van der Waals surface area contributed by atoms with Crippen LogP contribution in [0.5, 0.6) is 0 Å². The first kappa shape index (κ1) is 13.2. The van der Waals surface area contributed by atoms with Crippen molar-refractivity contribution in [2.45, 2.75) is 25.2 Å². The monoisotopic (exact) mass is 285 g/mol. The number of benzene rings is 2. The van der Waals surface area contributed by atoms with Gasteiger partial charge >= 0.3 is 0 Å². The van der Waals surface area contributed by atoms with Crippen LogP contribution in [0.25, 0.3) is 0 Å². The minimum atomic E-state index is -0.442. The highest BCUT2D eigenvalue weighted by atomic mass is 35.5. The van der Waals surface area contributed by atoms with Crippen molar-refractivity contribution in [3.63, 3.8) is 0 Å². The van der Waals surface area contributed by atoms with Crippen molar-refractivity contribution < 1.29 is 4.79 Å². The summed E-state index contributed by atoms with van der Waals surface area (Å²) in [5, 5.41) is 3.68. The second-order valence-electron chi connectivity index (χ2n) is 5.39. The van der Waals surface area contributed by atoms with Crippen LogP contribution in [0, 0.1) is 6.92 Å². The van der Waals surface area contributed by atoms with E-state index in [1.54, 1.807) is 0 Å². The molecule has 0 radical (unpaired) electrons. The SMILES string of the molecule is Cc1cccc(NC(=O)C2(c3ccccc3Cl)CC2)c1. The molecule has 0 spiro atoms. The molecule has 3 rings (SSSR count). The van der Waals surface area contributed by atoms with Crippen LogP contribution in [0.15, 0.2) is 48.5 Å². The molecule has 0 saturated heterocycles. The Morgan fingerprint density at radius 3 is 2.55 bits per heavy atom. The lowest BCUT2D eigenvalue weighted by Gasteiger charge is -2.17. The van der Waals surface area contributed by atoms with Crippen LogP contribution in [0.2, 0.25) is 5.02 Å². The lowest BCUT2D eigenvalue weighted by molar-refractivity contribution is -0.118. The molecule has 0 heterocycles. The Morgan fingerprint density at radius 1 is 1.15 bits per heavy atom. The van der Waals surface area contributed by atoms with Gasteiger partial charge in [-0.05, 0) is 49.1 Å². The summed E-state index contributed by atoms with van der Waals surface area (Å²) in [6, 6.07) is 15.5. The van der Waals surface area contributed by atoms with Crippen molar-refractivity contribution in [3.8, 4) is 0 Å². The summed E-state index contributed by atoms with van der Waals surface area (Å²) < 4.78 is 0. The molecule has 0 unspecified atom stereocenters. The molecule has 1 aliphatic carbocycles. The van der Waals surface area contributed by atoms with Gasteiger partial charge in [0.05, 0.1) is 5.41 Å². The molecule has 2 aromatic carbocycles. The highest BCUT2D eigenvalue weighted by molar-refractivity contribution is 6.32. The van der Waals surface area contributed by atoms with Crippen LogP contribution < -0.4 is 5.32 Å². The van der Waals surface area contributed by atoms with Gasteiger partial charge in [0.2, 0.25) is 5.91 Å². The highest BCUT2D eigenvalue weighted by Gasteiger charge is 2.52. The molecular formula is C17H16ClNO. The van der Waals surface area contributed by atoms with Gasteiger partial charge in [0.1, 0.15) is 0 Å². The minimum Gasteiger partial charge on any atom is -0.325 e. The molecule has 20 heavy (non-hydrogen) atoms. The predicted octanol–water partition coefficient (Wildman–Crippen LogP) is 4.32. The number of anilines is 1. The maximum atomic E-state index is 12.6. The predicted molar refractivity (Wildman–Crippen MR) is 82.2 cm³/mol. The number of hydrogen-bond acceptors (Lipinski definition) is 1. The zero-order valence-electron chi connectivity index (χ0n) is 11.3. The number of carbonyl (C=O) groups is 1. The second-order valence-corrected chi connectivity index (χ2v) is 5.79. The topological polar surface area (TPSA) is 29.1 Å². The molecule has 1 saturated carbocycles. The number of rotatable bonds is 3. The van der Waals surface area contributed by atoms with Gasteiger partial charge in [-0.3, -0.25) is 4.79 Å². The van der Waals surface area contributed by atoms with E-state index in [1.807, 2.05) is 55.5 Å². The van der Waals surface area contributed by atoms with Gasteiger partial charge in [0, 0.05) is 10.7 Å². The van der Waals surface area contributed by atoms with Crippen molar-refractivity contribution in [1.29, 1.82) is 0 Å². The molecule has 0 bridgehead atoms. The van der Waals surface area contributed by atoms with Crippen LogP contribution in [0.4, 0.5) is 5.69 Å². The number of carbonyl (C=O) groups excluding carboxylic acids is 1. The molecule has 1 amide bonds. The molecule has 1 aliphatic rings. The first-order chi connectivity index (χ1) is 9.62. The largest absolute Gasteiger partial charge is 0.325 e. The van der Waals surface area contributed by atoms with Crippen molar-refractivity contribution >= 4 is 23.2 Å². The molecule has 2 nitrogen and oxygen atoms in total. The van der Waals surface area contributed by atoms with E-state index in [9.17, 15) is 4.79 Å². The molecule has 2 aromatic rings. The highest BCUT2D eigenvalue weighted by Crippen LogP contribution is 2.51. The second kappa shape index (κ2) is 4.95. The van der Waals surface area contributed by atoms with Crippen molar-refractivity contribution in [2.75, 3.05) is 5.32 Å². The van der Waals surface area contributed by atoms with Crippen molar-refractivity contribution in [1.82, 2.24) is 0 Å². The number of aryl methyl sites for hydroxylation is 1. The quantitative estimate of drug-likeness (QED) is 0.894. The van der Waals surface area contributed by atoms with Gasteiger partial charge in [0.15, 0.2) is 0 Å². The Morgan fingerprint density at radius 2 is 1.90 bits per heavy atom. The fraction of sp³-hybridized carbons (Fsp3) is 0.235. The number of halogens is 1. The fourth-order valence-corrected chi connectivity index (χ4v) is 2.88. The minimum absolute atomic E-state index is 0.0381. The average Bonchev–Trinajstić information content (AvgIpc) is 3.21. The van der Waals surface area contributed by atoms with Gasteiger partial charge in [0.25, 0.3) is 0 Å². The van der Waals surface area contributed by atoms with Crippen LogP contribution in [0.1, 0.15) is 24.0 Å². The van der Waals surface area contributed by atoms with Gasteiger partial charge in [-0.25, -0.2) is 0 Å².